The SMILES string of the molecule is CCc1cc([C@@H](Nc2nc(C)cc(C)n2)c2ccsc2)c(NC(=O)c2ccccc2)s1. The van der Waals surface area contributed by atoms with Gasteiger partial charge in [-0.1, -0.05) is 25.1 Å². The molecule has 1 amide bonds. The number of carbonyl (C=O) groups is 1. The number of amides is 1. The van der Waals surface area contributed by atoms with Crippen LogP contribution in [0.25, 0.3) is 0 Å². The van der Waals surface area contributed by atoms with Crippen molar-refractivity contribution in [2.24, 2.45) is 0 Å². The molecule has 0 bridgehead atoms. The van der Waals surface area contributed by atoms with Gasteiger partial charge in [0.1, 0.15) is 5.00 Å². The molecular formula is C24H24N4OS2. The summed E-state index contributed by atoms with van der Waals surface area (Å²) in [5.41, 5.74) is 4.60. The van der Waals surface area contributed by atoms with Crippen LogP contribution in [0.5, 0.6) is 0 Å². The average Bonchev–Trinajstić information content (AvgIpc) is 3.42. The van der Waals surface area contributed by atoms with Crippen LogP contribution in [-0.4, -0.2) is 15.9 Å². The van der Waals surface area contributed by atoms with Crippen molar-refractivity contribution < 1.29 is 4.79 Å². The van der Waals surface area contributed by atoms with Gasteiger partial charge in [-0.3, -0.25) is 4.79 Å². The van der Waals surface area contributed by atoms with Gasteiger partial charge in [0.2, 0.25) is 5.95 Å². The Morgan fingerprint density at radius 2 is 1.81 bits per heavy atom. The molecule has 0 radical (unpaired) electrons. The monoisotopic (exact) mass is 448 g/mol. The minimum atomic E-state index is -0.171. The van der Waals surface area contributed by atoms with E-state index in [1.165, 1.54) is 4.88 Å². The number of nitrogens with one attached hydrogen (secondary N) is 2. The van der Waals surface area contributed by atoms with Crippen molar-refractivity contribution in [3.63, 3.8) is 0 Å². The van der Waals surface area contributed by atoms with Gasteiger partial charge in [0.25, 0.3) is 5.91 Å². The second-order valence-corrected chi connectivity index (χ2v) is 9.20. The molecule has 0 fully saturated rings. The van der Waals surface area contributed by atoms with Gasteiger partial charge in [-0.2, -0.15) is 11.3 Å². The van der Waals surface area contributed by atoms with Crippen LogP contribution in [0.15, 0.2) is 59.3 Å². The quantitative estimate of drug-likeness (QED) is 0.351. The number of benzene rings is 1. The van der Waals surface area contributed by atoms with Gasteiger partial charge in [0, 0.05) is 27.4 Å². The van der Waals surface area contributed by atoms with E-state index in [0.29, 0.717) is 11.5 Å². The van der Waals surface area contributed by atoms with Crippen LogP contribution in [0.4, 0.5) is 10.9 Å². The van der Waals surface area contributed by atoms with Crippen molar-refractivity contribution >= 4 is 39.5 Å². The lowest BCUT2D eigenvalue weighted by atomic mass is 10.0. The summed E-state index contributed by atoms with van der Waals surface area (Å²) in [6.07, 6.45) is 0.898. The highest BCUT2D eigenvalue weighted by Gasteiger charge is 2.23. The summed E-state index contributed by atoms with van der Waals surface area (Å²) < 4.78 is 0. The van der Waals surface area contributed by atoms with E-state index in [0.717, 1.165) is 33.9 Å². The molecule has 2 N–H and O–H groups in total. The maximum Gasteiger partial charge on any atom is 0.256 e. The van der Waals surface area contributed by atoms with E-state index in [1.54, 1.807) is 22.7 Å². The summed E-state index contributed by atoms with van der Waals surface area (Å²) in [6, 6.07) is 15.3. The summed E-state index contributed by atoms with van der Waals surface area (Å²) in [4.78, 5) is 23.2. The Bertz CT molecular complexity index is 1150. The van der Waals surface area contributed by atoms with Gasteiger partial charge < -0.3 is 10.6 Å². The molecule has 0 aliphatic rings. The first-order valence-electron chi connectivity index (χ1n) is 10.1. The maximum atomic E-state index is 12.9. The number of carbonyl (C=O) groups excluding carboxylic acids is 1. The molecule has 4 aromatic rings. The minimum absolute atomic E-state index is 0.113. The Hall–Kier alpha value is -3.03. The fraction of sp³-hybridized carbons (Fsp3) is 0.208. The van der Waals surface area contributed by atoms with Crippen LogP contribution in [0, 0.1) is 13.8 Å². The molecule has 5 nitrogen and oxygen atoms in total. The molecule has 7 heteroatoms. The number of nitrogens with zero attached hydrogens (tertiary/aromatic N) is 2. The van der Waals surface area contributed by atoms with E-state index in [-0.39, 0.29) is 11.9 Å². The number of hydrogen-bond acceptors (Lipinski definition) is 6. The number of anilines is 2. The van der Waals surface area contributed by atoms with Gasteiger partial charge >= 0.3 is 0 Å². The molecule has 3 aromatic heterocycles. The molecule has 31 heavy (non-hydrogen) atoms. The third-order valence-electron chi connectivity index (χ3n) is 4.87. The zero-order valence-corrected chi connectivity index (χ0v) is 19.3. The highest BCUT2D eigenvalue weighted by molar-refractivity contribution is 7.16. The van der Waals surface area contributed by atoms with Crippen LogP contribution in [-0.2, 0) is 6.42 Å². The van der Waals surface area contributed by atoms with Gasteiger partial charge in [0.05, 0.1) is 6.04 Å². The lowest BCUT2D eigenvalue weighted by molar-refractivity contribution is 0.102. The minimum Gasteiger partial charge on any atom is -0.343 e. The topological polar surface area (TPSA) is 66.9 Å². The smallest absolute Gasteiger partial charge is 0.256 e. The molecule has 0 aliphatic carbocycles. The van der Waals surface area contributed by atoms with Crippen LogP contribution in [0.3, 0.4) is 0 Å². The van der Waals surface area contributed by atoms with E-state index in [2.05, 4.69) is 50.4 Å². The van der Waals surface area contributed by atoms with Crippen molar-refractivity contribution in [1.82, 2.24) is 9.97 Å². The third kappa shape index (κ3) is 5.00. The Morgan fingerprint density at radius 3 is 2.45 bits per heavy atom. The Labute approximate surface area is 190 Å². The van der Waals surface area contributed by atoms with E-state index in [4.69, 9.17) is 0 Å². The highest BCUT2D eigenvalue weighted by Crippen LogP contribution is 2.38. The highest BCUT2D eigenvalue weighted by atomic mass is 32.1. The molecule has 3 heterocycles. The van der Waals surface area contributed by atoms with E-state index in [1.807, 2.05) is 50.2 Å². The number of rotatable bonds is 7. The first-order chi connectivity index (χ1) is 15.0. The molecule has 0 saturated carbocycles. The van der Waals surface area contributed by atoms with E-state index >= 15 is 0 Å². The van der Waals surface area contributed by atoms with Crippen LogP contribution in [0.1, 0.15) is 50.7 Å². The Morgan fingerprint density at radius 1 is 1.06 bits per heavy atom. The number of thiophene rings is 2. The molecule has 4 rings (SSSR count). The lowest BCUT2D eigenvalue weighted by Gasteiger charge is -2.19. The summed E-state index contributed by atoms with van der Waals surface area (Å²) in [5.74, 6) is 0.469. The molecular weight excluding hydrogens is 424 g/mol. The summed E-state index contributed by atoms with van der Waals surface area (Å²) >= 11 is 3.26. The van der Waals surface area contributed by atoms with Crippen LogP contribution in [0.2, 0.25) is 0 Å². The van der Waals surface area contributed by atoms with Gasteiger partial charge in [-0.15, -0.1) is 11.3 Å². The molecule has 158 valence electrons. The van der Waals surface area contributed by atoms with E-state index in [9.17, 15) is 4.79 Å². The van der Waals surface area contributed by atoms with Crippen molar-refractivity contribution in [2.45, 2.75) is 33.2 Å². The normalized spacial score (nSPS) is 11.8. The number of aryl methyl sites for hydroxylation is 3. The fourth-order valence-corrected chi connectivity index (χ4v) is 5.13. The van der Waals surface area contributed by atoms with Gasteiger partial charge in [0.15, 0.2) is 0 Å². The Balaban J connectivity index is 1.72. The largest absolute Gasteiger partial charge is 0.343 e. The summed E-state index contributed by atoms with van der Waals surface area (Å²) in [6.45, 7) is 6.05. The number of hydrogen-bond donors (Lipinski definition) is 2. The second-order valence-electron chi connectivity index (χ2n) is 7.28. The fourth-order valence-electron chi connectivity index (χ4n) is 3.41. The van der Waals surface area contributed by atoms with Crippen LogP contribution < -0.4 is 10.6 Å². The molecule has 1 aromatic carbocycles. The predicted octanol–water partition coefficient (Wildman–Crippen LogP) is 6.23. The van der Waals surface area contributed by atoms with Gasteiger partial charge in [-0.25, -0.2) is 9.97 Å². The maximum absolute atomic E-state index is 12.9. The van der Waals surface area contributed by atoms with Crippen molar-refractivity contribution in [1.29, 1.82) is 0 Å². The Kier molecular flexibility index (Phi) is 6.44. The predicted molar refractivity (Wildman–Crippen MR) is 129 cm³/mol. The lowest BCUT2D eigenvalue weighted by Crippen LogP contribution is -2.17. The van der Waals surface area contributed by atoms with Crippen molar-refractivity contribution in [3.8, 4) is 0 Å². The molecule has 1 atom stereocenters. The first-order valence-corrected chi connectivity index (χ1v) is 11.9. The number of aromatic nitrogens is 2. The van der Waals surface area contributed by atoms with Crippen molar-refractivity contribution in [3.05, 3.63) is 92.2 Å². The zero-order chi connectivity index (χ0) is 21.8. The standard InChI is InChI=1S/C24H24N4OS2/c1-4-19-13-20(23(31-19)28-22(29)17-8-6-5-7-9-17)21(18-10-11-30-14-18)27-24-25-15(2)12-16(3)26-24/h5-14,21H,4H2,1-3H3,(H,28,29)(H,25,26,27)/t21-/m0/s1. The van der Waals surface area contributed by atoms with Gasteiger partial charge in [-0.05, 0) is 66.9 Å². The summed E-state index contributed by atoms with van der Waals surface area (Å²) in [7, 11) is 0. The average molecular weight is 449 g/mol. The second kappa shape index (κ2) is 9.41. The molecule has 0 aliphatic heterocycles. The summed E-state index contributed by atoms with van der Waals surface area (Å²) in [5, 5.41) is 11.7. The van der Waals surface area contributed by atoms with Crippen molar-refractivity contribution in [2.75, 3.05) is 10.6 Å². The molecule has 0 spiro atoms. The zero-order valence-electron chi connectivity index (χ0n) is 17.7. The molecule has 0 unspecified atom stereocenters. The van der Waals surface area contributed by atoms with E-state index < -0.39 is 0 Å². The molecule has 0 saturated heterocycles. The first kappa shape index (κ1) is 21.2. The van der Waals surface area contributed by atoms with Crippen LogP contribution >= 0.6 is 22.7 Å². The third-order valence-corrected chi connectivity index (χ3v) is 6.78.